The highest BCUT2D eigenvalue weighted by Crippen LogP contribution is 2.18. The first-order valence-electron chi connectivity index (χ1n) is 5.96. The molecule has 2 rings (SSSR count). The molecular weight excluding hydrogens is 372 g/mol. The number of carbonyl (C=O) groups excluding carboxylic acids is 1. The highest BCUT2D eigenvalue weighted by molar-refractivity contribution is 14.1. The predicted molar refractivity (Wildman–Crippen MR) is 84.4 cm³/mol. The van der Waals surface area contributed by atoms with Crippen LogP contribution in [0.1, 0.15) is 5.56 Å². The second-order valence-electron chi connectivity index (χ2n) is 4.20. The first kappa shape index (κ1) is 14.8. The molecule has 104 valence electrons. The van der Waals surface area contributed by atoms with Gasteiger partial charge in [-0.2, -0.15) is 0 Å². The van der Waals surface area contributed by atoms with Crippen LogP contribution in [-0.2, 0) is 11.2 Å². The number of carbonyl (C=O) groups is 1. The lowest BCUT2D eigenvalue weighted by atomic mass is 10.1. The Kier molecular flexibility index (Phi) is 4.94. The van der Waals surface area contributed by atoms with Gasteiger partial charge in [-0.25, -0.2) is 4.39 Å². The van der Waals surface area contributed by atoms with Crippen molar-refractivity contribution in [2.24, 2.45) is 0 Å². The fourth-order valence-electron chi connectivity index (χ4n) is 1.71. The second kappa shape index (κ2) is 6.69. The molecule has 0 fully saturated rings. The molecule has 0 saturated heterocycles. The zero-order chi connectivity index (χ0) is 14.5. The molecule has 0 saturated carbocycles. The van der Waals surface area contributed by atoms with Crippen molar-refractivity contribution >= 4 is 34.2 Å². The van der Waals surface area contributed by atoms with Gasteiger partial charge in [0.25, 0.3) is 0 Å². The van der Waals surface area contributed by atoms with Gasteiger partial charge in [-0.1, -0.05) is 12.1 Å². The Balaban J connectivity index is 2.01. The fourth-order valence-corrected chi connectivity index (χ4v) is 2.17. The molecule has 0 aromatic heterocycles. The van der Waals surface area contributed by atoms with Crippen molar-refractivity contribution in [1.29, 1.82) is 0 Å². The lowest BCUT2D eigenvalue weighted by Gasteiger charge is -2.07. The van der Waals surface area contributed by atoms with Crippen molar-refractivity contribution in [3.8, 4) is 5.75 Å². The molecule has 0 spiro atoms. The first-order chi connectivity index (χ1) is 9.58. The van der Waals surface area contributed by atoms with Crippen LogP contribution in [0.3, 0.4) is 0 Å². The fraction of sp³-hybridized carbons (Fsp3) is 0.133. The van der Waals surface area contributed by atoms with Crippen LogP contribution < -0.4 is 10.1 Å². The van der Waals surface area contributed by atoms with E-state index >= 15 is 0 Å². The third-order valence-electron chi connectivity index (χ3n) is 2.73. The van der Waals surface area contributed by atoms with Gasteiger partial charge < -0.3 is 10.1 Å². The molecule has 0 heterocycles. The summed E-state index contributed by atoms with van der Waals surface area (Å²) in [5.41, 5.74) is 1.04. The number of hydrogen-bond acceptors (Lipinski definition) is 2. The summed E-state index contributed by atoms with van der Waals surface area (Å²) in [5, 5.41) is 2.57. The number of rotatable bonds is 4. The van der Waals surface area contributed by atoms with Gasteiger partial charge in [0.05, 0.1) is 19.2 Å². The summed E-state index contributed by atoms with van der Waals surface area (Å²) in [6.07, 6.45) is 0.190. The molecule has 3 nitrogen and oxygen atoms in total. The van der Waals surface area contributed by atoms with E-state index in [-0.39, 0.29) is 18.0 Å². The number of halogens is 2. The number of methoxy groups -OCH3 is 1. The van der Waals surface area contributed by atoms with Crippen LogP contribution in [0.4, 0.5) is 10.1 Å². The average molecular weight is 385 g/mol. The molecule has 5 heteroatoms. The average Bonchev–Trinajstić information content (AvgIpc) is 2.43. The molecule has 0 aliphatic heterocycles. The summed E-state index contributed by atoms with van der Waals surface area (Å²) in [6.45, 7) is 0. The summed E-state index contributed by atoms with van der Waals surface area (Å²) in [5.74, 6) is 0.0492. The van der Waals surface area contributed by atoms with Gasteiger partial charge in [0.2, 0.25) is 5.91 Å². The lowest BCUT2D eigenvalue weighted by molar-refractivity contribution is -0.115. The van der Waals surface area contributed by atoms with Crippen molar-refractivity contribution in [2.75, 3.05) is 12.4 Å². The van der Waals surface area contributed by atoms with Gasteiger partial charge in [-0.05, 0) is 58.5 Å². The van der Waals surface area contributed by atoms with E-state index in [2.05, 4.69) is 5.32 Å². The standard InChI is InChI=1S/C15H13FINO2/c1-20-12-5-2-10(3-6-12)8-15(19)18-14-7-4-11(17)9-13(14)16/h2-7,9H,8H2,1H3,(H,18,19). The van der Waals surface area contributed by atoms with E-state index in [4.69, 9.17) is 4.74 Å². The van der Waals surface area contributed by atoms with Gasteiger partial charge >= 0.3 is 0 Å². The van der Waals surface area contributed by atoms with E-state index in [1.54, 1.807) is 31.4 Å². The molecule has 1 amide bonds. The van der Waals surface area contributed by atoms with Crippen LogP contribution >= 0.6 is 22.6 Å². The number of amides is 1. The number of ether oxygens (including phenoxy) is 1. The largest absolute Gasteiger partial charge is 0.497 e. The van der Waals surface area contributed by atoms with Crippen molar-refractivity contribution in [3.63, 3.8) is 0 Å². The van der Waals surface area contributed by atoms with E-state index in [1.165, 1.54) is 6.07 Å². The Morgan fingerprint density at radius 3 is 2.55 bits per heavy atom. The molecule has 0 unspecified atom stereocenters. The van der Waals surface area contributed by atoms with E-state index in [1.807, 2.05) is 34.7 Å². The lowest BCUT2D eigenvalue weighted by Crippen LogP contribution is -2.15. The summed E-state index contributed by atoms with van der Waals surface area (Å²) in [6, 6.07) is 11.9. The van der Waals surface area contributed by atoms with Crippen LogP contribution in [-0.4, -0.2) is 13.0 Å². The molecule has 0 atom stereocenters. The van der Waals surface area contributed by atoms with Crippen molar-refractivity contribution < 1.29 is 13.9 Å². The van der Waals surface area contributed by atoms with Gasteiger partial charge in [-0.3, -0.25) is 4.79 Å². The van der Waals surface area contributed by atoms with Gasteiger partial charge in [0.15, 0.2) is 0 Å². The molecule has 0 aliphatic rings. The second-order valence-corrected chi connectivity index (χ2v) is 5.44. The highest BCUT2D eigenvalue weighted by atomic mass is 127. The molecular formula is C15H13FINO2. The maximum atomic E-state index is 13.6. The number of nitrogens with one attached hydrogen (secondary N) is 1. The molecule has 0 aliphatic carbocycles. The zero-order valence-electron chi connectivity index (χ0n) is 10.8. The topological polar surface area (TPSA) is 38.3 Å². The van der Waals surface area contributed by atoms with Crippen molar-refractivity contribution in [3.05, 3.63) is 57.4 Å². The zero-order valence-corrected chi connectivity index (χ0v) is 13.0. The molecule has 0 radical (unpaired) electrons. The third kappa shape index (κ3) is 3.93. The van der Waals surface area contributed by atoms with Crippen LogP contribution in [0.15, 0.2) is 42.5 Å². The van der Waals surface area contributed by atoms with Crippen LogP contribution in [0.5, 0.6) is 5.75 Å². The highest BCUT2D eigenvalue weighted by Gasteiger charge is 2.08. The Hall–Kier alpha value is -1.63. The third-order valence-corrected chi connectivity index (χ3v) is 3.40. The normalized spacial score (nSPS) is 10.2. The monoisotopic (exact) mass is 385 g/mol. The quantitative estimate of drug-likeness (QED) is 0.817. The van der Waals surface area contributed by atoms with E-state index < -0.39 is 5.82 Å². The van der Waals surface area contributed by atoms with E-state index in [0.717, 1.165) is 14.9 Å². The number of anilines is 1. The maximum absolute atomic E-state index is 13.6. The SMILES string of the molecule is COc1ccc(CC(=O)Nc2ccc(I)cc2F)cc1. The minimum absolute atomic E-state index is 0.190. The van der Waals surface area contributed by atoms with Gasteiger partial charge in [-0.15, -0.1) is 0 Å². The van der Waals surface area contributed by atoms with E-state index in [0.29, 0.717) is 0 Å². The molecule has 2 aromatic rings. The summed E-state index contributed by atoms with van der Waals surface area (Å²) >= 11 is 2.02. The van der Waals surface area contributed by atoms with Gasteiger partial charge in [0.1, 0.15) is 11.6 Å². The Morgan fingerprint density at radius 1 is 1.25 bits per heavy atom. The Bertz CT molecular complexity index is 614. The predicted octanol–water partition coefficient (Wildman–Crippen LogP) is 3.62. The first-order valence-corrected chi connectivity index (χ1v) is 7.04. The molecule has 0 bridgehead atoms. The summed E-state index contributed by atoms with van der Waals surface area (Å²) < 4.78 is 19.4. The number of hydrogen-bond donors (Lipinski definition) is 1. The van der Waals surface area contributed by atoms with Gasteiger partial charge in [0, 0.05) is 3.57 Å². The van der Waals surface area contributed by atoms with Crippen LogP contribution in [0.25, 0.3) is 0 Å². The maximum Gasteiger partial charge on any atom is 0.228 e. The van der Waals surface area contributed by atoms with Crippen molar-refractivity contribution in [1.82, 2.24) is 0 Å². The molecule has 1 N–H and O–H groups in total. The van der Waals surface area contributed by atoms with Crippen LogP contribution in [0.2, 0.25) is 0 Å². The number of benzene rings is 2. The summed E-state index contributed by atoms with van der Waals surface area (Å²) in [7, 11) is 1.58. The molecule has 2 aromatic carbocycles. The van der Waals surface area contributed by atoms with E-state index in [9.17, 15) is 9.18 Å². The Morgan fingerprint density at radius 2 is 1.95 bits per heavy atom. The Labute approximate surface area is 130 Å². The van der Waals surface area contributed by atoms with Crippen molar-refractivity contribution in [2.45, 2.75) is 6.42 Å². The minimum Gasteiger partial charge on any atom is -0.497 e. The molecule has 20 heavy (non-hydrogen) atoms. The smallest absolute Gasteiger partial charge is 0.228 e. The minimum atomic E-state index is -0.431. The van der Waals surface area contributed by atoms with Crippen LogP contribution in [0, 0.1) is 9.39 Å². The summed E-state index contributed by atoms with van der Waals surface area (Å²) in [4.78, 5) is 11.9.